The molecule has 1 unspecified atom stereocenters. The molecule has 7 nitrogen and oxygen atoms in total. The van der Waals surface area contributed by atoms with Gasteiger partial charge in [-0.15, -0.1) is 5.10 Å². The molecule has 1 amide bonds. The summed E-state index contributed by atoms with van der Waals surface area (Å²) in [5.41, 5.74) is 3.90. The van der Waals surface area contributed by atoms with Gasteiger partial charge in [-0.1, -0.05) is 24.3 Å². The van der Waals surface area contributed by atoms with Crippen LogP contribution in [0.25, 0.3) is 5.69 Å². The number of hydrogen-bond donors (Lipinski definition) is 1. The molecule has 4 rings (SSSR count). The van der Waals surface area contributed by atoms with Gasteiger partial charge in [0.1, 0.15) is 0 Å². The standard InChI is InChI=1S/C19H20N6O/c1-13(18-21-22-23-25(18)16-6-4-3-5-7-16)20-19(26)15-9-8-14-10-11-24(2)17(14)12-15/h3-9,12-13H,10-11H2,1-2H3,(H,20,26). The van der Waals surface area contributed by atoms with E-state index in [4.69, 9.17) is 0 Å². The number of rotatable bonds is 4. The first kappa shape index (κ1) is 16.3. The number of anilines is 1. The molecule has 0 fully saturated rings. The second-order valence-corrected chi connectivity index (χ2v) is 6.49. The molecule has 1 aliphatic heterocycles. The molecule has 0 saturated carbocycles. The minimum Gasteiger partial charge on any atom is -0.374 e. The zero-order valence-corrected chi connectivity index (χ0v) is 14.8. The predicted molar refractivity (Wildman–Crippen MR) is 98.5 cm³/mol. The molecule has 2 heterocycles. The second-order valence-electron chi connectivity index (χ2n) is 6.49. The molecule has 0 spiro atoms. The van der Waals surface area contributed by atoms with Gasteiger partial charge in [0, 0.05) is 24.8 Å². The molecule has 7 heteroatoms. The first-order chi connectivity index (χ1) is 12.6. The van der Waals surface area contributed by atoms with Gasteiger partial charge >= 0.3 is 0 Å². The maximum atomic E-state index is 12.7. The highest BCUT2D eigenvalue weighted by Gasteiger charge is 2.21. The van der Waals surface area contributed by atoms with E-state index in [2.05, 4.69) is 25.7 Å². The van der Waals surface area contributed by atoms with E-state index in [0.717, 1.165) is 24.3 Å². The smallest absolute Gasteiger partial charge is 0.251 e. The third-order valence-corrected chi connectivity index (χ3v) is 4.70. The third kappa shape index (κ3) is 2.92. The number of tetrazole rings is 1. The number of carbonyl (C=O) groups is 1. The van der Waals surface area contributed by atoms with Crippen molar-refractivity contribution in [1.29, 1.82) is 0 Å². The number of para-hydroxylation sites is 1. The summed E-state index contributed by atoms with van der Waals surface area (Å²) in [4.78, 5) is 14.9. The lowest BCUT2D eigenvalue weighted by atomic mass is 10.1. The molecule has 2 aromatic carbocycles. The normalized spacial score (nSPS) is 14.2. The van der Waals surface area contributed by atoms with Gasteiger partial charge in [-0.05, 0) is 53.6 Å². The number of hydrogen-bond acceptors (Lipinski definition) is 5. The number of carbonyl (C=O) groups excluding carboxylic acids is 1. The Hall–Kier alpha value is -3.22. The third-order valence-electron chi connectivity index (χ3n) is 4.70. The van der Waals surface area contributed by atoms with E-state index in [-0.39, 0.29) is 11.9 Å². The van der Waals surface area contributed by atoms with E-state index in [1.807, 2.05) is 62.5 Å². The Morgan fingerprint density at radius 1 is 1.19 bits per heavy atom. The van der Waals surface area contributed by atoms with Gasteiger partial charge in [-0.2, -0.15) is 4.68 Å². The summed E-state index contributed by atoms with van der Waals surface area (Å²) in [5.74, 6) is 0.450. The van der Waals surface area contributed by atoms with Gasteiger partial charge in [0.25, 0.3) is 5.91 Å². The average Bonchev–Trinajstić information content (AvgIpc) is 3.29. The molecule has 1 atom stereocenters. The summed E-state index contributed by atoms with van der Waals surface area (Å²) in [6, 6.07) is 15.1. The highest BCUT2D eigenvalue weighted by molar-refractivity contribution is 5.95. The Kier molecular flexibility index (Phi) is 4.12. The molecule has 0 radical (unpaired) electrons. The molecule has 1 N–H and O–H groups in total. The van der Waals surface area contributed by atoms with E-state index < -0.39 is 0 Å². The van der Waals surface area contributed by atoms with E-state index in [1.165, 1.54) is 5.56 Å². The molecule has 0 saturated heterocycles. The Balaban J connectivity index is 1.54. The Morgan fingerprint density at radius 3 is 2.81 bits per heavy atom. The number of likely N-dealkylation sites (N-methyl/N-ethyl adjacent to an activating group) is 1. The van der Waals surface area contributed by atoms with E-state index in [9.17, 15) is 4.79 Å². The number of amides is 1. The van der Waals surface area contributed by atoms with Gasteiger partial charge in [0.2, 0.25) is 0 Å². The number of nitrogens with one attached hydrogen (secondary N) is 1. The van der Waals surface area contributed by atoms with Gasteiger partial charge in [0.05, 0.1) is 11.7 Å². The summed E-state index contributed by atoms with van der Waals surface area (Å²) in [5, 5.41) is 14.9. The van der Waals surface area contributed by atoms with Crippen LogP contribution in [0.3, 0.4) is 0 Å². The number of nitrogens with zero attached hydrogens (tertiary/aromatic N) is 5. The van der Waals surface area contributed by atoms with Crippen molar-refractivity contribution < 1.29 is 4.79 Å². The zero-order valence-electron chi connectivity index (χ0n) is 14.8. The van der Waals surface area contributed by atoms with Crippen LogP contribution in [0.5, 0.6) is 0 Å². The van der Waals surface area contributed by atoms with Gasteiger partial charge in [-0.25, -0.2) is 0 Å². The fraction of sp³-hybridized carbons (Fsp3) is 0.263. The molecule has 132 valence electrons. The van der Waals surface area contributed by atoms with Gasteiger partial charge in [0.15, 0.2) is 5.82 Å². The minimum absolute atomic E-state index is 0.136. The fourth-order valence-corrected chi connectivity index (χ4v) is 3.24. The van der Waals surface area contributed by atoms with Crippen molar-refractivity contribution in [1.82, 2.24) is 25.5 Å². The molecule has 0 aliphatic carbocycles. The zero-order chi connectivity index (χ0) is 18.1. The van der Waals surface area contributed by atoms with Gasteiger partial charge in [-0.3, -0.25) is 4.79 Å². The molecule has 3 aromatic rings. The van der Waals surface area contributed by atoms with Crippen LogP contribution >= 0.6 is 0 Å². The second kappa shape index (κ2) is 6.59. The van der Waals surface area contributed by atoms with Gasteiger partial charge < -0.3 is 10.2 Å². The Morgan fingerprint density at radius 2 is 2.00 bits per heavy atom. The number of fused-ring (bicyclic) bond motifs is 1. The van der Waals surface area contributed by atoms with Crippen molar-refractivity contribution in [3.63, 3.8) is 0 Å². The van der Waals surface area contributed by atoms with Crippen molar-refractivity contribution >= 4 is 11.6 Å². The molecule has 1 aromatic heterocycles. The maximum absolute atomic E-state index is 12.7. The van der Waals surface area contributed by atoms with E-state index in [0.29, 0.717) is 11.4 Å². The number of benzene rings is 2. The highest BCUT2D eigenvalue weighted by Crippen LogP contribution is 2.27. The van der Waals surface area contributed by atoms with Crippen molar-refractivity contribution in [2.45, 2.75) is 19.4 Å². The van der Waals surface area contributed by atoms with Crippen LogP contribution in [-0.4, -0.2) is 39.7 Å². The lowest BCUT2D eigenvalue weighted by Crippen LogP contribution is -2.29. The SMILES string of the molecule is CC(NC(=O)c1ccc2c(c1)N(C)CC2)c1nnnn1-c1ccccc1. The summed E-state index contributed by atoms with van der Waals surface area (Å²) >= 11 is 0. The van der Waals surface area contributed by atoms with Crippen molar-refractivity contribution in [3.8, 4) is 5.69 Å². The van der Waals surface area contributed by atoms with Crippen LogP contribution < -0.4 is 10.2 Å². The first-order valence-electron chi connectivity index (χ1n) is 8.62. The first-order valence-corrected chi connectivity index (χ1v) is 8.62. The maximum Gasteiger partial charge on any atom is 0.251 e. The number of aromatic nitrogens is 4. The Bertz CT molecular complexity index is 936. The minimum atomic E-state index is -0.330. The molecule has 0 bridgehead atoms. The summed E-state index contributed by atoms with van der Waals surface area (Å²) in [6.45, 7) is 2.87. The van der Waals surface area contributed by atoms with Crippen molar-refractivity contribution in [2.24, 2.45) is 0 Å². The van der Waals surface area contributed by atoms with E-state index in [1.54, 1.807) is 4.68 Å². The van der Waals surface area contributed by atoms with Crippen LogP contribution in [0.4, 0.5) is 5.69 Å². The fourth-order valence-electron chi connectivity index (χ4n) is 3.24. The Labute approximate surface area is 151 Å². The monoisotopic (exact) mass is 348 g/mol. The summed E-state index contributed by atoms with van der Waals surface area (Å²) in [6.07, 6.45) is 1.02. The molecular formula is C19H20N6O. The lowest BCUT2D eigenvalue weighted by molar-refractivity contribution is 0.0938. The largest absolute Gasteiger partial charge is 0.374 e. The average molecular weight is 348 g/mol. The molecular weight excluding hydrogens is 328 g/mol. The molecule has 1 aliphatic rings. The van der Waals surface area contributed by atoms with Crippen LogP contribution in [0.15, 0.2) is 48.5 Å². The summed E-state index contributed by atoms with van der Waals surface area (Å²) in [7, 11) is 2.05. The van der Waals surface area contributed by atoms with E-state index >= 15 is 0 Å². The predicted octanol–water partition coefficient (Wildman–Crippen LogP) is 2.15. The lowest BCUT2D eigenvalue weighted by Gasteiger charge is -2.16. The van der Waals surface area contributed by atoms with Crippen LogP contribution in [0.2, 0.25) is 0 Å². The molecule has 26 heavy (non-hydrogen) atoms. The van der Waals surface area contributed by atoms with Crippen molar-refractivity contribution in [2.75, 3.05) is 18.5 Å². The topological polar surface area (TPSA) is 75.9 Å². The summed E-state index contributed by atoms with van der Waals surface area (Å²) < 4.78 is 1.64. The van der Waals surface area contributed by atoms with Crippen LogP contribution in [-0.2, 0) is 6.42 Å². The van der Waals surface area contributed by atoms with Crippen LogP contribution in [0, 0.1) is 0 Å². The quantitative estimate of drug-likeness (QED) is 0.782. The van der Waals surface area contributed by atoms with Crippen molar-refractivity contribution in [3.05, 3.63) is 65.5 Å². The van der Waals surface area contributed by atoms with Crippen LogP contribution in [0.1, 0.15) is 34.7 Å². The highest BCUT2D eigenvalue weighted by atomic mass is 16.1.